The Morgan fingerprint density at radius 2 is 2.08 bits per heavy atom. The van der Waals surface area contributed by atoms with Gasteiger partial charge in [-0.2, -0.15) is 5.26 Å². The quantitative estimate of drug-likeness (QED) is 0.674. The first-order chi connectivity index (χ1) is 5.79. The number of nitriles is 1. The number of rotatable bonds is 2. The highest BCUT2D eigenvalue weighted by molar-refractivity contribution is 4.97. The molecule has 2 rings (SSSR count). The predicted octanol–water partition coefficient (Wildman–Crippen LogP) is 1.68. The summed E-state index contributed by atoms with van der Waals surface area (Å²) in [7, 11) is 0. The fourth-order valence-corrected chi connectivity index (χ4v) is 2.11. The molecule has 66 valence electrons. The third-order valence-electron chi connectivity index (χ3n) is 3.17. The molecule has 12 heavy (non-hydrogen) atoms. The molecule has 0 spiro atoms. The molecular formula is C10H16N2. The van der Waals surface area contributed by atoms with Crippen molar-refractivity contribution in [1.29, 1.82) is 5.26 Å². The van der Waals surface area contributed by atoms with Crippen LogP contribution in [0, 0.1) is 23.2 Å². The van der Waals surface area contributed by atoms with Gasteiger partial charge >= 0.3 is 0 Å². The Morgan fingerprint density at radius 1 is 1.33 bits per heavy atom. The standard InChI is InChI=1S/C10H16N2/c1-7-4-10(7)12-9-3-2-8(5-9)6-11/h7-10,12H,2-5H2,1H3/t7-,8?,9?,10-/m1/s1. The zero-order valence-electron chi connectivity index (χ0n) is 7.59. The lowest BCUT2D eigenvalue weighted by molar-refractivity contribution is 0.499. The van der Waals surface area contributed by atoms with Crippen LogP contribution in [0.5, 0.6) is 0 Å². The van der Waals surface area contributed by atoms with Crippen LogP contribution in [0.3, 0.4) is 0 Å². The number of hydrogen-bond donors (Lipinski definition) is 1. The minimum absolute atomic E-state index is 0.330. The van der Waals surface area contributed by atoms with Crippen molar-refractivity contribution in [1.82, 2.24) is 5.32 Å². The van der Waals surface area contributed by atoms with E-state index in [9.17, 15) is 0 Å². The van der Waals surface area contributed by atoms with E-state index in [-0.39, 0.29) is 0 Å². The third kappa shape index (κ3) is 1.61. The summed E-state index contributed by atoms with van der Waals surface area (Å²) in [6.07, 6.45) is 4.74. The van der Waals surface area contributed by atoms with Gasteiger partial charge in [-0.05, 0) is 31.6 Å². The second-order valence-corrected chi connectivity index (χ2v) is 4.32. The lowest BCUT2D eigenvalue weighted by Crippen LogP contribution is -2.29. The number of hydrogen-bond acceptors (Lipinski definition) is 2. The molecule has 0 heterocycles. The van der Waals surface area contributed by atoms with Crippen LogP contribution in [-0.2, 0) is 0 Å². The summed E-state index contributed by atoms with van der Waals surface area (Å²) in [5, 5.41) is 12.3. The minimum atomic E-state index is 0.330. The number of nitrogens with one attached hydrogen (secondary N) is 1. The zero-order valence-corrected chi connectivity index (χ0v) is 7.59. The normalized spacial score (nSPS) is 45.7. The second kappa shape index (κ2) is 3.06. The molecule has 0 aliphatic heterocycles. The van der Waals surface area contributed by atoms with Crippen molar-refractivity contribution in [3.8, 4) is 6.07 Å². The molecule has 4 atom stereocenters. The molecule has 2 saturated carbocycles. The van der Waals surface area contributed by atoms with Gasteiger partial charge in [0.25, 0.3) is 0 Å². The van der Waals surface area contributed by atoms with E-state index in [2.05, 4.69) is 18.3 Å². The van der Waals surface area contributed by atoms with E-state index in [0.29, 0.717) is 12.0 Å². The van der Waals surface area contributed by atoms with Crippen LogP contribution >= 0.6 is 0 Å². The van der Waals surface area contributed by atoms with Gasteiger partial charge in [-0.1, -0.05) is 6.92 Å². The average Bonchev–Trinajstić information content (AvgIpc) is 2.61. The Labute approximate surface area is 74.0 Å². The maximum Gasteiger partial charge on any atom is 0.0656 e. The van der Waals surface area contributed by atoms with E-state index in [4.69, 9.17) is 5.26 Å². The van der Waals surface area contributed by atoms with Gasteiger partial charge in [0.15, 0.2) is 0 Å². The van der Waals surface area contributed by atoms with Gasteiger partial charge in [-0.15, -0.1) is 0 Å². The highest BCUT2D eigenvalue weighted by atomic mass is 15.0. The predicted molar refractivity (Wildman–Crippen MR) is 47.4 cm³/mol. The summed E-state index contributed by atoms with van der Waals surface area (Å²) in [5.41, 5.74) is 0. The van der Waals surface area contributed by atoms with Gasteiger partial charge in [-0.3, -0.25) is 0 Å². The minimum Gasteiger partial charge on any atom is -0.311 e. The Kier molecular flexibility index (Phi) is 2.06. The average molecular weight is 164 g/mol. The third-order valence-corrected chi connectivity index (χ3v) is 3.17. The lowest BCUT2D eigenvalue weighted by Gasteiger charge is -2.10. The van der Waals surface area contributed by atoms with Crippen LogP contribution in [0.15, 0.2) is 0 Å². The lowest BCUT2D eigenvalue weighted by atomic mass is 10.1. The largest absolute Gasteiger partial charge is 0.311 e. The second-order valence-electron chi connectivity index (χ2n) is 4.32. The molecule has 2 aliphatic rings. The molecule has 2 fully saturated rings. The Hall–Kier alpha value is -0.550. The first kappa shape index (κ1) is 8.07. The molecule has 2 nitrogen and oxygen atoms in total. The van der Waals surface area contributed by atoms with E-state index < -0.39 is 0 Å². The summed E-state index contributed by atoms with van der Waals surface area (Å²) in [6.45, 7) is 2.29. The molecule has 0 saturated heterocycles. The SMILES string of the molecule is C[C@@H]1C[C@H]1NC1CCC(C#N)C1. The van der Waals surface area contributed by atoms with Crippen LogP contribution in [0.1, 0.15) is 32.6 Å². The van der Waals surface area contributed by atoms with E-state index in [1.165, 1.54) is 12.8 Å². The maximum absolute atomic E-state index is 8.71. The van der Waals surface area contributed by atoms with Crippen LogP contribution in [0.4, 0.5) is 0 Å². The van der Waals surface area contributed by atoms with Gasteiger partial charge in [0.05, 0.1) is 6.07 Å². The van der Waals surface area contributed by atoms with Crippen molar-refractivity contribution in [2.75, 3.05) is 0 Å². The van der Waals surface area contributed by atoms with Crippen LogP contribution in [0.2, 0.25) is 0 Å². The molecule has 0 amide bonds. The summed E-state index contributed by atoms with van der Waals surface area (Å²) in [5.74, 6) is 1.21. The zero-order chi connectivity index (χ0) is 8.55. The van der Waals surface area contributed by atoms with Crippen molar-refractivity contribution in [3.63, 3.8) is 0 Å². The molecule has 1 N–H and O–H groups in total. The molecule has 0 aromatic heterocycles. The molecule has 2 unspecified atom stereocenters. The van der Waals surface area contributed by atoms with Crippen molar-refractivity contribution in [2.45, 2.75) is 44.7 Å². The van der Waals surface area contributed by atoms with Crippen LogP contribution in [0.25, 0.3) is 0 Å². The topological polar surface area (TPSA) is 35.8 Å². The molecule has 0 aromatic carbocycles. The monoisotopic (exact) mass is 164 g/mol. The van der Waals surface area contributed by atoms with Crippen molar-refractivity contribution in [2.24, 2.45) is 11.8 Å². The Bertz CT molecular complexity index is 206. The van der Waals surface area contributed by atoms with Gasteiger partial charge in [0.1, 0.15) is 0 Å². The van der Waals surface area contributed by atoms with E-state index in [1.807, 2.05) is 0 Å². The van der Waals surface area contributed by atoms with Gasteiger partial charge in [0.2, 0.25) is 0 Å². The number of nitrogens with zero attached hydrogens (tertiary/aromatic N) is 1. The molecule has 2 aliphatic carbocycles. The van der Waals surface area contributed by atoms with Crippen LogP contribution in [-0.4, -0.2) is 12.1 Å². The van der Waals surface area contributed by atoms with Crippen LogP contribution < -0.4 is 5.32 Å². The van der Waals surface area contributed by atoms with Crippen molar-refractivity contribution < 1.29 is 0 Å². The highest BCUT2D eigenvalue weighted by Crippen LogP contribution is 2.33. The Balaban J connectivity index is 1.74. The smallest absolute Gasteiger partial charge is 0.0656 e. The molecule has 0 bridgehead atoms. The van der Waals surface area contributed by atoms with E-state index in [1.54, 1.807) is 0 Å². The molecule has 0 radical (unpaired) electrons. The fraction of sp³-hybridized carbons (Fsp3) is 0.900. The Morgan fingerprint density at radius 3 is 2.58 bits per heavy atom. The first-order valence-corrected chi connectivity index (χ1v) is 4.95. The van der Waals surface area contributed by atoms with Gasteiger partial charge < -0.3 is 5.32 Å². The van der Waals surface area contributed by atoms with E-state index >= 15 is 0 Å². The first-order valence-electron chi connectivity index (χ1n) is 4.95. The molecule has 2 heteroatoms. The van der Waals surface area contributed by atoms with Gasteiger partial charge in [-0.25, -0.2) is 0 Å². The summed E-state index contributed by atoms with van der Waals surface area (Å²) < 4.78 is 0. The summed E-state index contributed by atoms with van der Waals surface area (Å²) in [6, 6.07) is 3.77. The van der Waals surface area contributed by atoms with Crippen molar-refractivity contribution in [3.05, 3.63) is 0 Å². The summed E-state index contributed by atoms with van der Waals surface area (Å²) >= 11 is 0. The van der Waals surface area contributed by atoms with Crippen molar-refractivity contribution >= 4 is 0 Å². The van der Waals surface area contributed by atoms with Gasteiger partial charge in [0, 0.05) is 18.0 Å². The fourth-order valence-electron chi connectivity index (χ4n) is 2.11. The molecule has 0 aromatic rings. The summed E-state index contributed by atoms with van der Waals surface area (Å²) in [4.78, 5) is 0. The molecular weight excluding hydrogens is 148 g/mol. The van der Waals surface area contributed by atoms with E-state index in [0.717, 1.165) is 24.8 Å². The maximum atomic E-state index is 8.71. The highest BCUT2D eigenvalue weighted by Gasteiger charge is 2.36.